The summed E-state index contributed by atoms with van der Waals surface area (Å²) in [6, 6.07) is 96.1. The summed E-state index contributed by atoms with van der Waals surface area (Å²) in [7, 11) is 0. The predicted molar refractivity (Wildman–Crippen MR) is 349 cm³/mol. The van der Waals surface area contributed by atoms with Crippen LogP contribution in [-0.4, -0.2) is 13.4 Å². The molecule has 21 rings (SSSR count). The molecular formula is C80H45N3O. The Morgan fingerprint density at radius 3 is 1.67 bits per heavy atom. The highest BCUT2D eigenvalue weighted by atomic mass is 16.3. The van der Waals surface area contributed by atoms with Crippen molar-refractivity contribution in [2.75, 3.05) is 0 Å². The first-order valence-electron chi connectivity index (χ1n) is 29.4. The Hall–Kier alpha value is -10.9. The highest BCUT2D eigenvalue weighted by molar-refractivity contribution is 6.39. The summed E-state index contributed by atoms with van der Waals surface area (Å²) >= 11 is 0. The van der Waals surface area contributed by atoms with Crippen molar-refractivity contribution in [2.24, 2.45) is 0 Å². The summed E-state index contributed by atoms with van der Waals surface area (Å²) in [4.78, 5) is 0. The number of benzene rings is 13. The predicted octanol–water partition coefficient (Wildman–Crippen LogP) is 21.0. The zero-order valence-corrected chi connectivity index (χ0v) is 45.3. The van der Waals surface area contributed by atoms with Crippen LogP contribution in [0.2, 0.25) is 0 Å². The molecule has 4 heteroatoms. The minimum absolute atomic E-state index is 0.0587. The molecule has 0 saturated carbocycles. The number of hydrogen-bond donors (Lipinski definition) is 0. The standard InChI is InChI=1S/C80H45N3O/c1-3-17-44(18-4-1)69-75-60-30-16-28-58-72-65(39-37-56-52-24-11-13-31-63(52)81(78(56)72)49-35-40-67-62(43-49)53-25-12-14-32-66(53)84-67)83(77(58)60)80(75)70(45-19-5-2-6-20-45)74-59-29-15-27-57-71-64(82(76(57)59)79(69)74)38-36-55-51-23-9-10-26-54(51)68(73(55)71)48-34-33-47-41-46-21-7-8-22-50(46)61(47)42-48/h1-40,42-43,68H,41H2. The average molecular weight is 1060 g/mol. The summed E-state index contributed by atoms with van der Waals surface area (Å²) in [5.74, 6) is 0.0587. The lowest BCUT2D eigenvalue weighted by atomic mass is 9.85. The van der Waals surface area contributed by atoms with E-state index in [9.17, 15) is 0 Å². The number of rotatable bonds is 4. The maximum Gasteiger partial charge on any atom is 0.135 e. The van der Waals surface area contributed by atoms with Gasteiger partial charge in [-0.05, 0) is 116 Å². The fourth-order valence-electron chi connectivity index (χ4n) is 16.6. The van der Waals surface area contributed by atoms with Gasteiger partial charge in [-0.15, -0.1) is 0 Å². The number of fused-ring (bicyclic) bond motifs is 26. The van der Waals surface area contributed by atoms with Gasteiger partial charge in [-0.25, -0.2) is 0 Å². The molecule has 2 aliphatic carbocycles. The van der Waals surface area contributed by atoms with Crippen LogP contribution in [0.1, 0.15) is 33.7 Å². The summed E-state index contributed by atoms with van der Waals surface area (Å²) in [5, 5.41) is 14.9. The van der Waals surface area contributed by atoms with Gasteiger partial charge in [0.05, 0.1) is 44.1 Å². The maximum absolute atomic E-state index is 6.42. The first-order valence-corrected chi connectivity index (χ1v) is 29.4. The van der Waals surface area contributed by atoms with Crippen LogP contribution in [0.25, 0.3) is 170 Å². The van der Waals surface area contributed by atoms with Gasteiger partial charge in [0.2, 0.25) is 0 Å². The van der Waals surface area contributed by atoms with Crippen molar-refractivity contribution in [3.8, 4) is 50.2 Å². The molecule has 0 fully saturated rings. The Labute approximate surface area is 480 Å². The second-order valence-corrected chi connectivity index (χ2v) is 23.7. The Morgan fingerprint density at radius 1 is 0.321 bits per heavy atom. The van der Waals surface area contributed by atoms with E-state index >= 15 is 0 Å². The average Bonchev–Trinajstić information content (AvgIpc) is 1.83. The molecule has 0 amide bonds. The van der Waals surface area contributed by atoms with Crippen molar-refractivity contribution in [3.05, 3.63) is 283 Å². The van der Waals surface area contributed by atoms with Gasteiger partial charge in [-0.2, -0.15) is 0 Å². The van der Waals surface area contributed by atoms with Crippen LogP contribution >= 0.6 is 0 Å². The molecule has 6 aromatic heterocycles. The first kappa shape index (κ1) is 43.8. The molecule has 6 heterocycles. The molecule has 13 aromatic carbocycles. The largest absolute Gasteiger partial charge is 0.456 e. The van der Waals surface area contributed by atoms with Gasteiger partial charge in [-0.1, -0.05) is 206 Å². The molecule has 0 radical (unpaired) electrons. The van der Waals surface area contributed by atoms with E-state index in [1.807, 2.05) is 0 Å². The van der Waals surface area contributed by atoms with Crippen LogP contribution in [0.15, 0.2) is 259 Å². The molecule has 0 aliphatic heterocycles. The van der Waals surface area contributed by atoms with E-state index in [-0.39, 0.29) is 5.92 Å². The zero-order valence-electron chi connectivity index (χ0n) is 45.3. The van der Waals surface area contributed by atoms with Gasteiger partial charge in [0.25, 0.3) is 0 Å². The van der Waals surface area contributed by atoms with E-state index in [0.717, 1.165) is 34.0 Å². The molecule has 0 spiro atoms. The fraction of sp³-hybridized carbons (Fsp3) is 0.0250. The lowest BCUT2D eigenvalue weighted by Crippen LogP contribution is -2.01. The molecule has 1 unspecified atom stereocenters. The highest BCUT2D eigenvalue weighted by Crippen LogP contribution is 2.58. The first-order chi connectivity index (χ1) is 41.7. The van der Waals surface area contributed by atoms with E-state index < -0.39 is 0 Å². The highest BCUT2D eigenvalue weighted by Gasteiger charge is 2.37. The number of aromatic nitrogens is 3. The minimum atomic E-state index is 0.0587. The lowest BCUT2D eigenvalue weighted by molar-refractivity contribution is 0.669. The third-order valence-corrected chi connectivity index (χ3v) is 19.8. The van der Waals surface area contributed by atoms with Crippen LogP contribution in [0, 0.1) is 0 Å². The fourth-order valence-corrected chi connectivity index (χ4v) is 16.6. The summed E-state index contributed by atoms with van der Waals surface area (Å²) in [6.07, 6.45) is 0.982. The SMILES string of the molecule is c1ccc(-c2c3c4cccc5c6c7c(ccc6n(c3c(-c3ccccc3)c3c6cccc8c9c%10c(ccc9n(c23)c86)-c2ccccc2C%10c2ccc3c(c2)-c2ccccc2C3)c45)c2ccccc2n7-c2ccc3oc4ccccc4c3c2)cc1. The van der Waals surface area contributed by atoms with E-state index in [0.29, 0.717) is 0 Å². The van der Waals surface area contributed by atoms with E-state index in [2.05, 4.69) is 268 Å². The number of hydrogen-bond acceptors (Lipinski definition) is 1. The molecule has 4 nitrogen and oxygen atoms in total. The summed E-state index contributed by atoms with van der Waals surface area (Å²) in [6.45, 7) is 0. The van der Waals surface area contributed by atoms with Gasteiger partial charge < -0.3 is 17.8 Å². The Bertz CT molecular complexity index is 6130. The van der Waals surface area contributed by atoms with Crippen molar-refractivity contribution < 1.29 is 4.42 Å². The van der Waals surface area contributed by atoms with Gasteiger partial charge in [-0.3, -0.25) is 0 Å². The van der Waals surface area contributed by atoms with Gasteiger partial charge in [0.1, 0.15) is 11.2 Å². The second-order valence-electron chi connectivity index (χ2n) is 23.7. The van der Waals surface area contributed by atoms with E-state index in [1.54, 1.807) is 0 Å². The summed E-state index contributed by atoms with van der Waals surface area (Å²) in [5.41, 5.74) is 30.0. The van der Waals surface area contributed by atoms with Gasteiger partial charge >= 0.3 is 0 Å². The number of furan rings is 1. The molecule has 2 aliphatic rings. The molecule has 0 saturated heterocycles. The topological polar surface area (TPSA) is 26.9 Å². The van der Waals surface area contributed by atoms with Gasteiger partial charge in [0.15, 0.2) is 0 Å². The number of para-hydroxylation sites is 4. The van der Waals surface area contributed by atoms with Crippen molar-refractivity contribution >= 4 is 120 Å². The molecule has 84 heavy (non-hydrogen) atoms. The molecule has 386 valence electrons. The van der Waals surface area contributed by atoms with Crippen molar-refractivity contribution in [1.82, 2.24) is 13.4 Å². The molecule has 19 aromatic rings. The second kappa shape index (κ2) is 15.5. The number of nitrogens with zero attached hydrogens (tertiary/aromatic N) is 3. The Kier molecular flexibility index (Phi) is 8.10. The van der Waals surface area contributed by atoms with Crippen LogP contribution in [0.4, 0.5) is 0 Å². The minimum Gasteiger partial charge on any atom is -0.456 e. The van der Waals surface area contributed by atoms with Gasteiger partial charge in [0, 0.05) is 87.4 Å². The van der Waals surface area contributed by atoms with Crippen molar-refractivity contribution in [3.63, 3.8) is 0 Å². The van der Waals surface area contributed by atoms with Crippen LogP contribution in [0.3, 0.4) is 0 Å². The maximum atomic E-state index is 6.42. The monoisotopic (exact) mass is 1060 g/mol. The zero-order chi connectivity index (χ0) is 54.2. The molecule has 0 N–H and O–H groups in total. The van der Waals surface area contributed by atoms with Crippen LogP contribution in [0.5, 0.6) is 0 Å². The van der Waals surface area contributed by atoms with Crippen LogP contribution < -0.4 is 0 Å². The van der Waals surface area contributed by atoms with Crippen LogP contribution in [-0.2, 0) is 6.42 Å². The smallest absolute Gasteiger partial charge is 0.135 e. The normalized spacial score (nSPS) is 14.0. The Balaban J connectivity index is 0.925. The third-order valence-electron chi connectivity index (χ3n) is 19.8. The third kappa shape index (κ3) is 5.28. The lowest BCUT2D eigenvalue weighted by Gasteiger charge is -2.18. The van der Waals surface area contributed by atoms with Crippen molar-refractivity contribution in [2.45, 2.75) is 12.3 Å². The van der Waals surface area contributed by atoms with E-state index in [1.165, 1.54) is 170 Å². The molecule has 1 atom stereocenters. The van der Waals surface area contributed by atoms with Crippen molar-refractivity contribution in [1.29, 1.82) is 0 Å². The Morgan fingerprint density at radius 2 is 0.905 bits per heavy atom. The molecule has 0 bridgehead atoms. The molecular weight excluding hydrogens is 1020 g/mol. The summed E-state index contributed by atoms with van der Waals surface area (Å²) < 4.78 is 14.3. The quantitative estimate of drug-likeness (QED) is 0.173. The van der Waals surface area contributed by atoms with E-state index in [4.69, 9.17) is 4.42 Å².